The van der Waals surface area contributed by atoms with E-state index in [9.17, 15) is 0 Å². The Kier molecular flexibility index (Phi) is 4.84. The Morgan fingerprint density at radius 3 is 2.94 bits per heavy atom. The fourth-order valence-electron chi connectivity index (χ4n) is 1.62. The standard InChI is InChI=1S/C12H15ClN2OS2/c1-3-8-6-9-10(17-7(2)4-5-16)14-12(13)15-11(9)18-8/h6-7,16H,3-5H2,1-2H3. The zero-order valence-corrected chi connectivity index (χ0v) is 12.7. The largest absolute Gasteiger partial charge is 0.396 e. The van der Waals surface area contributed by atoms with Gasteiger partial charge in [0, 0.05) is 22.1 Å². The SMILES string of the molecule is CCc1cc2c(SC(C)CCO)nc(Cl)nc2s1. The van der Waals surface area contributed by atoms with Crippen LogP contribution in [0.15, 0.2) is 11.1 Å². The summed E-state index contributed by atoms with van der Waals surface area (Å²) in [5.41, 5.74) is 0. The second-order valence-electron chi connectivity index (χ2n) is 4.02. The van der Waals surface area contributed by atoms with Crippen LogP contribution < -0.4 is 0 Å². The first-order valence-electron chi connectivity index (χ1n) is 5.87. The Bertz CT molecular complexity index is 544. The number of aromatic nitrogens is 2. The summed E-state index contributed by atoms with van der Waals surface area (Å²) in [6.07, 6.45) is 1.74. The Morgan fingerprint density at radius 2 is 2.28 bits per heavy atom. The number of fused-ring (bicyclic) bond motifs is 1. The molecule has 2 aromatic rings. The molecule has 0 fully saturated rings. The summed E-state index contributed by atoms with van der Waals surface area (Å²) in [7, 11) is 0. The Labute approximate surface area is 120 Å². The number of nitrogens with zero attached hydrogens (tertiary/aromatic N) is 2. The number of rotatable bonds is 5. The van der Waals surface area contributed by atoms with E-state index in [1.165, 1.54) is 4.88 Å². The van der Waals surface area contributed by atoms with Crippen molar-refractivity contribution in [2.45, 2.75) is 37.0 Å². The number of hydrogen-bond acceptors (Lipinski definition) is 5. The molecule has 0 saturated carbocycles. The van der Waals surface area contributed by atoms with E-state index in [0.717, 1.165) is 28.1 Å². The maximum absolute atomic E-state index is 8.95. The molecule has 0 spiro atoms. The first kappa shape index (κ1) is 14.1. The maximum atomic E-state index is 8.95. The van der Waals surface area contributed by atoms with E-state index < -0.39 is 0 Å². The van der Waals surface area contributed by atoms with Gasteiger partial charge in [-0.3, -0.25) is 0 Å². The normalized spacial score (nSPS) is 13.1. The van der Waals surface area contributed by atoms with Crippen LogP contribution in [0.1, 0.15) is 25.1 Å². The zero-order chi connectivity index (χ0) is 13.1. The molecule has 0 amide bonds. The van der Waals surface area contributed by atoms with E-state index >= 15 is 0 Å². The highest BCUT2D eigenvalue weighted by Crippen LogP contribution is 2.34. The quantitative estimate of drug-likeness (QED) is 0.519. The molecule has 2 rings (SSSR count). The van der Waals surface area contributed by atoms with E-state index in [4.69, 9.17) is 16.7 Å². The monoisotopic (exact) mass is 302 g/mol. The molecule has 3 nitrogen and oxygen atoms in total. The smallest absolute Gasteiger partial charge is 0.224 e. The van der Waals surface area contributed by atoms with Gasteiger partial charge in [-0.25, -0.2) is 9.97 Å². The van der Waals surface area contributed by atoms with Crippen LogP contribution in [0.5, 0.6) is 0 Å². The zero-order valence-electron chi connectivity index (χ0n) is 10.3. The van der Waals surface area contributed by atoms with E-state index in [2.05, 4.69) is 29.9 Å². The number of aliphatic hydroxyl groups is 1. The molecule has 0 aliphatic carbocycles. The molecule has 0 aliphatic heterocycles. The highest BCUT2D eigenvalue weighted by Gasteiger charge is 2.13. The van der Waals surface area contributed by atoms with Gasteiger partial charge in [0.05, 0.1) is 0 Å². The molecule has 1 unspecified atom stereocenters. The molecule has 0 bridgehead atoms. The number of hydrogen-bond donors (Lipinski definition) is 1. The molecule has 1 atom stereocenters. The van der Waals surface area contributed by atoms with E-state index in [0.29, 0.717) is 10.5 Å². The van der Waals surface area contributed by atoms with Gasteiger partial charge in [-0.05, 0) is 30.5 Å². The van der Waals surface area contributed by atoms with Gasteiger partial charge in [0.15, 0.2) is 0 Å². The minimum Gasteiger partial charge on any atom is -0.396 e. The second kappa shape index (κ2) is 6.19. The van der Waals surface area contributed by atoms with Crippen LogP contribution in [0.2, 0.25) is 5.28 Å². The third-order valence-electron chi connectivity index (χ3n) is 2.58. The average molecular weight is 303 g/mol. The molecular formula is C12H15ClN2OS2. The average Bonchev–Trinajstić information content (AvgIpc) is 2.72. The molecule has 6 heteroatoms. The van der Waals surface area contributed by atoms with Gasteiger partial charge >= 0.3 is 0 Å². The molecule has 1 N–H and O–H groups in total. The summed E-state index contributed by atoms with van der Waals surface area (Å²) < 4.78 is 0. The second-order valence-corrected chi connectivity index (χ2v) is 6.90. The minimum absolute atomic E-state index is 0.194. The van der Waals surface area contributed by atoms with Crippen molar-refractivity contribution in [1.29, 1.82) is 0 Å². The number of halogens is 1. The summed E-state index contributed by atoms with van der Waals surface area (Å²) in [6, 6.07) is 2.14. The molecule has 0 radical (unpaired) electrons. The van der Waals surface area contributed by atoms with Gasteiger partial charge in [0.25, 0.3) is 0 Å². The van der Waals surface area contributed by atoms with Gasteiger partial charge in [0.1, 0.15) is 9.86 Å². The lowest BCUT2D eigenvalue weighted by atomic mass is 10.3. The summed E-state index contributed by atoms with van der Waals surface area (Å²) in [5, 5.41) is 11.6. The van der Waals surface area contributed by atoms with Crippen molar-refractivity contribution in [2.75, 3.05) is 6.61 Å². The fraction of sp³-hybridized carbons (Fsp3) is 0.500. The van der Waals surface area contributed by atoms with Crippen LogP contribution in [0.4, 0.5) is 0 Å². The topological polar surface area (TPSA) is 46.0 Å². The van der Waals surface area contributed by atoms with Crippen LogP contribution >= 0.6 is 34.7 Å². The fourth-order valence-corrected chi connectivity index (χ4v) is 3.94. The van der Waals surface area contributed by atoms with Crippen LogP contribution in [-0.2, 0) is 6.42 Å². The van der Waals surface area contributed by atoms with E-state index in [-0.39, 0.29) is 6.61 Å². The van der Waals surface area contributed by atoms with Crippen LogP contribution in [0, 0.1) is 0 Å². The summed E-state index contributed by atoms with van der Waals surface area (Å²) in [6.45, 7) is 4.40. The van der Waals surface area contributed by atoms with Crippen molar-refractivity contribution in [3.8, 4) is 0 Å². The van der Waals surface area contributed by atoms with Crippen molar-refractivity contribution in [3.63, 3.8) is 0 Å². The molecule has 2 heterocycles. The predicted octanol–water partition coefficient (Wildman–Crippen LogP) is 3.77. The lowest BCUT2D eigenvalue weighted by Crippen LogP contribution is -2.00. The van der Waals surface area contributed by atoms with Crippen molar-refractivity contribution >= 4 is 44.9 Å². The third-order valence-corrected chi connectivity index (χ3v) is 5.09. The first-order chi connectivity index (χ1) is 8.63. The summed E-state index contributed by atoms with van der Waals surface area (Å²) in [5.74, 6) is 0. The summed E-state index contributed by atoms with van der Waals surface area (Å²) >= 11 is 9.27. The highest BCUT2D eigenvalue weighted by atomic mass is 35.5. The molecule has 0 aromatic carbocycles. The number of thioether (sulfide) groups is 1. The Hall–Kier alpha value is -0.360. The molecule has 2 aromatic heterocycles. The van der Waals surface area contributed by atoms with Crippen LogP contribution in [-0.4, -0.2) is 26.9 Å². The van der Waals surface area contributed by atoms with Crippen molar-refractivity contribution in [2.24, 2.45) is 0 Å². The molecule has 0 aliphatic rings. The highest BCUT2D eigenvalue weighted by molar-refractivity contribution is 8.00. The van der Waals surface area contributed by atoms with Crippen molar-refractivity contribution in [1.82, 2.24) is 9.97 Å². The van der Waals surface area contributed by atoms with Gasteiger partial charge in [0.2, 0.25) is 5.28 Å². The van der Waals surface area contributed by atoms with Gasteiger partial charge in [-0.2, -0.15) is 0 Å². The van der Waals surface area contributed by atoms with Crippen LogP contribution in [0.3, 0.4) is 0 Å². The van der Waals surface area contributed by atoms with Crippen LogP contribution in [0.25, 0.3) is 10.2 Å². The molecular weight excluding hydrogens is 288 g/mol. The van der Waals surface area contributed by atoms with Gasteiger partial charge in [-0.15, -0.1) is 23.1 Å². The van der Waals surface area contributed by atoms with Crippen molar-refractivity contribution in [3.05, 3.63) is 16.2 Å². The van der Waals surface area contributed by atoms with E-state index in [1.807, 2.05) is 0 Å². The predicted molar refractivity (Wildman–Crippen MR) is 78.8 cm³/mol. The number of aryl methyl sites for hydroxylation is 1. The molecule has 0 saturated heterocycles. The van der Waals surface area contributed by atoms with Gasteiger partial charge in [-0.1, -0.05) is 13.8 Å². The summed E-state index contributed by atoms with van der Waals surface area (Å²) in [4.78, 5) is 10.8. The third kappa shape index (κ3) is 3.15. The van der Waals surface area contributed by atoms with E-state index in [1.54, 1.807) is 23.1 Å². The Morgan fingerprint density at radius 1 is 1.50 bits per heavy atom. The van der Waals surface area contributed by atoms with Gasteiger partial charge < -0.3 is 5.11 Å². The number of thiophene rings is 1. The lowest BCUT2D eigenvalue weighted by molar-refractivity contribution is 0.289. The lowest BCUT2D eigenvalue weighted by Gasteiger charge is -2.09. The Balaban J connectivity index is 2.38. The minimum atomic E-state index is 0.194. The first-order valence-corrected chi connectivity index (χ1v) is 7.95. The maximum Gasteiger partial charge on any atom is 0.224 e. The molecule has 18 heavy (non-hydrogen) atoms. The van der Waals surface area contributed by atoms with Crippen molar-refractivity contribution < 1.29 is 5.11 Å². The number of aliphatic hydroxyl groups excluding tert-OH is 1. The molecule has 98 valence electrons.